The van der Waals surface area contributed by atoms with E-state index in [0.717, 1.165) is 24.3 Å². The Hall–Kier alpha value is -3.43. The number of carbonyl (C=O) groups is 1. The van der Waals surface area contributed by atoms with Gasteiger partial charge in [0.15, 0.2) is 0 Å². The predicted octanol–water partition coefficient (Wildman–Crippen LogP) is 5.06. The van der Waals surface area contributed by atoms with Crippen molar-refractivity contribution in [2.75, 3.05) is 4.72 Å². The van der Waals surface area contributed by atoms with Crippen LogP contribution in [0, 0.1) is 11.6 Å². The van der Waals surface area contributed by atoms with Gasteiger partial charge in [0.1, 0.15) is 16.5 Å². The van der Waals surface area contributed by atoms with E-state index in [1.54, 1.807) is 30.3 Å². The number of benzene rings is 3. The highest BCUT2D eigenvalue weighted by molar-refractivity contribution is 7.93. The molecule has 0 atom stereocenters. The highest BCUT2D eigenvalue weighted by Gasteiger charge is 2.25. The summed E-state index contributed by atoms with van der Waals surface area (Å²) in [6, 6.07) is 13.6. The fraction of sp³-hybridized carbons (Fsp3) is 0. The number of hydrogen-bond acceptors (Lipinski definition) is 3. The maximum atomic E-state index is 14.2. The Bertz CT molecular complexity index is 1440. The molecule has 0 bridgehead atoms. The second kappa shape index (κ2) is 7.68. The van der Waals surface area contributed by atoms with E-state index in [1.165, 1.54) is 16.8 Å². The summed E-state index contributed by atoms with van der Waals surface area (Å²) in [6.45, 7) is 0. The standard InChI is InChI=1S/C21H13ClF2N2O4S/c22-16-10-19-15(9-17(16)24)20(11-26(19)13-4-2-1-3-5-13)31(29,30)25-18-8-12(23)6-7-14(18)21(27)28/h1-11,25H,(H,27,28). The minimum absolute atomic E-state index is 0.0199. The Labute approximate surface area is 180 Å². The lowest BCUT2D eigenvalue weighted by atomic mass is 10.2. The van der Waals surface area contributed by atoms with E-state index in [-0.39, 0.29) is 15.3 Å². The van der Waals surface area contributed by atoms with Gasteiger partial charge in [-0.1, -0.05) is 29.8 Å². The van der Waals surface area contributed by atoms with E-state index in [9.17, 15) is 27.1 Å². The number of anilines is 1. The van der Waals surface area contributed by atoms with E-state index in [1.807, 2.05) is 0 Å². The number of halogens is 3. The summed E-state index contributed by atoms with van der Waals surface area (Å²) in [5.74, 6) is -3.09. The third kappa shape index (κ3) is 3.85. The average Bonchev–Trinajstić information content (AvgIpc) is 3.07. The molecule has 2 N–H and O–H groups in total. The van der Waals surface area contributed by atoms with Crippen molar-refractivity contribution in [1.82, 2.24) is 4.57 Å². The second-order valence-corrected chi connectivity index (χ2v) is 8.64. The van der Waals surface area contributed by atoms with Crippen molar-refractivity contribution >= 4 is 44.2 Å². The Kier molecular flexibility index (Phi) is 5.16. The molecule has 1 aromatic heterocycles. The van der Waals surface area contributed by atoms with Crippen molar-refractivity contribution in [2.45, 2.75) is 4.90 Å². The normalized spacial score (nSPS) is 11.6. The highest BCUT2D eigenvalue weighted by Crippen LogP contribution is 2.33. The molecule has 0 aliphatic rings. The maximum absolute atomic E-state index is 14.2. The number of sulfonamides is 1. The first-order chi connectivity index (χ1) is 14.7. The van der Waals surface area contributed by atoms with Gasteiger partial charge in [-0.05, 0) is 42.5 Å². The molecular formula is C21H13ClF2N2O4S. The summed E-state index contributed by atoms with van der Waals surface area (Å²) in [5.41, 5.74) is 0.0119. The van der Waals surface area contributed by atoms with Crippen LogP contribution in [0.5, 0.6) is 0 Å². The van der Waals surface area contributed by atoms with Gasteiger partial charge in [-0.15, -0.1) is 0 Å². The van der Waals surface area contributed by atoms with Crippen LogP contribution in [-0.4, -0.2) is 24.1 Å². The minimum atomic E-state index is -4.44. The number of carboxylic acids is 1. The van der Waals surface area contributed by atoms with Crippen LogP contribution in [-0.2, 0) is 10.0 Å². The van der Waals surface area contributed by atoms with Crippen LogP contribution in [0.2, 0.25) is 5.02 Å². The van der Waals surface area contributed by atoms with Gasteiger partial charge in [-0.25, -0.2) is 22.0 Å². The third-order valence-electron chi connectivity index (χ3n) is 4.59. The highest BCUT2D eigenvalue weighted by atomic mass is 35.5. The fourth-order valence-electron chi connectivity index (χ4n) is 3.19. The molecule has 3 aromatic carbocycles. The second-order valence-electron chi connectivity index (χ2n) is 6.58. The molecule has 0 saturated heterocycles. The van der Waals surface area contributed by atoms with Gasteiger partial charge in [0, 0.05) is 17.3 Å². The molecule has 0 spiro atoms. The number of nitrogens with one attached hydrogen (secondary N) is 1. The van der Waals surface area contributed by atoms with Crippen molar-refractivity contribution in [3.8, 4) is 5.69 Å². The van der Waals surface area contributed by atoms with Crippen LogP contribution in [0.25, 0.3) is 16.6 Å². The monoisotopic (exact) mass is 462 g/mol. The van der Waals surface area contributed by atoms with E-state index >= 15 is 0 Å². The molecule has 4 aromatic rings. The van der Waals surface area contributed by atoms with Gasteiger partial charge < -0.3 is 9.67 Å². The molecule has 4 rings (SSSR count). The Morgan fingerprint density at radius 1 is 1.03 bits per heavy atom. The van der Waals surface area contributed by atoms with Gasteiger partial charge in [0.25, 0.3) is 10.0 Å². The van der Waals surface area contributed by atoms with Crippen LogP contribution in [0.15, 0.2) is 71.8 Å². The number of aromatic nitrogens is 1. The smallest absolute Gasteiger partial charge is 0.337 e. The summed E-state index contributed by atoms with van der Waals surface area (Å²) in [4.78, 5) is 11.1. The molecule has 0 aliphatic carbocycles. The topological polar surface area (TPSA) is 88.4 Å². The van der Waals surface area contributed by atoms with E-state index in [2.05, 4.69) is 4.72 Å². The first-order valence-electron chi connectivity index (χ1n) is 8.78. The van der Waals surface area contributed by atoms with E-state index < -0.39 is 38.9 Å². The molecule has 158 valence electrons. The maximum Gasteiger partial charge on any atom is 0.337 e. The largest absolute Gasteiger partial charge is 0.478 e. The van der Waals surface area contributed by atoms with Crippen LogP contribution in [0.4, 0.5) is 14.5 Å². The summed E-state index contributed by atoms with van der Waals surface area (Å²) < 4.78 is 57.8. The molecule has 0 radical (unpaired) electrons. The molecule has 1 heterocycles. The van der Waals surface area contributed by atoms with Crippen LogP contribution >= 0.6 is 11.6 Å². The first-order valence-corrected chi connectivity index (χ1v) is 10.6. The Morgan fingerprint density at radius 2 is 1.74 bits per heavy atom. The molecule has 31 heavy (non-hydrogen) atoms. The molecule has 0 amide bonds. The van der Waals surface area contributed by atoms with Gasteiger partial charge >= 0.3 is 5.97 Å². The zero-order valence-corrected chi connectivity index (χ0v) is 17.1. The molecule has 10 heteroatoms. The summed E-state index contributed by atoms with van der Waals surface area (Å²) >= 11 is 5.91. The van der Waals surface area contributed by atoms with Crippen LogP contribution < -0.4 is 4.72 Å². The zero-order valence-electron chi connectivity index (χ0n) is 15.5. The van der Waals surface area contributed by atoms with Gasteiger partial charge in [0.05, 0.1) is 21.8 Å². The Morgan fingerprint density at radius 3 is 2.42 bits per heavy atom. The lowest BCUT2D eigenvalue weighted by molar-refractivity contribution is 0.0698. The number of para-hydroxylation sites is 1. The Balaban J connectivity index is 1.93. The quantitative estimate of drug-likeness (QED) is 0.434. The third-order valence-corrected chi connectivity index (χ3v) is 6.27. The summed E-state index contributed by atoms with van der Waals surface area (Å²) in [6.07, 6.45) is 1.26. The lowest BCUT2D eigenvalue weighted by Gasteiger charge is -2.10. The molecule has 0 unspecified atom stereocenters. The minimum Gasteiger partial charge on any atom is -0.478 e. The lowest BCUT2D eigenvalue weighted by Crippen LogP contribution is -2.15. The van der Waals surface area contributed by atoms with Crippen LogP contribution in [0.3, 0.4) is 0 Å². The van der Waals surface area contributed by atoms with Crippen molar-refractivity contribution in [3.05, 3.63) is 89.1 Å². The molecule has 0 fully saturated rings. The van der Waals surface area contributed by atoms with Crippen molar-refractivity contribution < 1.29 is 27.1 Å². The van der Waals surface area contributed by atoms with Gasteiger partial charge in [-0.3, -0.25) is 4.72 Å². The number of fused-ring (bicyclic) bond motifs is 1. The van der Waals surface area contributed by atoms with Gasteiger partial charge in [0.2, 0.25) is 0 Å². The fourth-order valence-corrected chi connectivity index (χ4v) is 4.62. The number of carboxylic acid groups (broad SMARTS) is 1. The molecule has 0 saturated carbocycles. The SMILES string of the molecule is O=C(O)c1ccc(F)cc1NS(=O)(=O)c1cn(-c2ccccc2)c2cc(Cl)c(F)cc12. The first kappa shape index (κ1) is 20.8. The van der Waals surface area contributed by atoms with Crippen LogP contribution in [0.1, 0.15) is 10.4 Å². The molecule has 0 aliphatic heterocycles. The number of hydrogen-bond donors (Lipinski definition) is 2. The van der Waals surface area contributed by atoms with Crippen molar-refractivity contribution in [3.63, 3.8) is 0 Å². The molecular weight excluding hydrogens is 450 g/mol. The number of aromatic carboxylic acids is 1. The number of nitrogens with zero attached hydrogens (tertiary/aromatic N) is 1. The van der Waals surface area contributed by atoms with Crippen molar-refractivity contribution in [1.29, 1.82) is 0 Å². The van der Waals surface area contributed by atoms with Crippen molar-refractivity contribution in [2.24, 2.45) is 0 Å². The average molecular weight is 463 g/mol. The van der Waals surface area contributed by atoms with E-state index in [0.29, 0.717) is 11.2 Å². The number of rotatable bonds is 5. The zero-order chi connectivity index (χ0) is 22.3. The summed E-state index contributed by atoms with van der Waals surface area (Å²) in [5, 5.41) is 9.11. The molecule has 6 nitrogen and oxygen atoms in total. The summed E-state index contributed by atoms with van der Waals surface area (Å²) in [7, 11) is -4.44. The van der Waals surface area contributed by atoms with Gasteiger partial charge in [-0.2, -0.15) is 0 Å². The van der Waals surface area contributed by atoms with E-state index in [4.69, 9.17) is 11.6 Å². The predicted molar refractivity (Wildman–Crippen MR) is 112 cm³/mol.